The zero-order valence-electron chi connectivity index (χ0n) is 10.6. The highest BCUT2D eigenvalue weighted by Gasteiger charge is 2.22. The number of ether oxygens (including phenoxy) is 1. The molecule has 0 unspecified atom stereocenters. The Labute approximate surface area is 107 Å². The van der Waals surface area contributed by atoms with Gasteiger partial charge in [0.05, 0.1) is 0 Å². The molecular weight excluding hydrogens is 224 g/mol. The number of hydrogen-bond donors (Lipinski definition) is 0. The molecule has 0 aliphatic rings. The van der Waals surface area contributed by atoms with Gasteiger partial charge in [-0.25, -0.2) is 0 Å². The van der Waals surface area contributed by atoms with Gasteiger partial charge in [-0.05, 0) is 43.7 Å². The Kier molecular flexibility index (Phi) is 3.47. The zero-order valence-corrected chi connectivity index (χ0v) is 10.6. The van der Waals surface area contributed by atoms with Gasteiger partial charge in [-0.2, -0.15) is 0 Å². The van der Waals surface area contributed by atoms with Crippen LogP contribution in [0.2, 0.25) is 0 Å². The molecule has 0 spiro atoms. The first-order valence-corrected chi connectivity index (χ1v) is 5.91. The van der Waals surface area contributed by atoms with Crippen LogP contribution in [0.5, 0.6) is 5.75 Å². The van der Waals surface area contributed by atoms with E-state index in [1.165, 1.54) is 0 Å². The third-order valence-electron chi connectivity index (χ3n) is 2.86. The summed E-state index contributed by atoms with van der Waals surface area (Å²) in [5.41, 5.74) is 1.37. The van der Waals surface area contributed by atoms with Gasteiger partial charge in [0.15, 0.2) is 0 Å². The van der Waals surface area contributed by atoms with Gasteiger partial charge < -0.3 is 4.74 Å². The van der Waals surface area contributed by atoms with Crippen LogP contribution in [0.1, 0.15) is 29.8 Å². The molecular formula is C16H16O2. The first-order chi connectivity index (χ1) is 8.62. The number of carbonyl (C=O) groups is 1. The molecule has 0 atom stereocenters. The summed E-state index contributed by atoms with van der Waals surface area (Å²) < 4.78 is 5.97. The Balaban J connectivity index is 2.19. The summed E-state index contributed by atoms with van der Waals surface area (Å²) in [5, 5.41) is 0. The number of benzene rings is 2. The van der Waals surface area contributed by atoms with E-state index in [-0.39, 0.29) is 0 Å². The molecule has 2 rings (SSSR count). The third-order valence-corrected chi connectivity index (χ3v) is 2.86. The second-order valence-corrected chi connectivity index (χ2v) is 4.67. The van der Waals surface area contributed by atoms with Crippen molar-refractivity contribution in [3.63, 3.8) is 0 Å². The Bertz CT molecular complexity index is 513. The maximum Gasteiger partial charge on any atom is 0.150 e. The maximum absolute atomic E-state index is 10.6. The molecule has 18 heavy (non-hydrogen) atoms. The van der Waals surface area contributed by atoms with Crippen LogP contribution in [-0.2, 0) is 5.60 Å². The van der Waals surface area contributed by atoms with Crippen molar-refractivity contribution < 1.29 is 9.53 Å². The lowest BCUT2D eigenvalue weighted by atomic mass is 9.98. The molecule has 2 aromatic rings. The molecule has 0 heterocycles. The first-order valence-electron chi connectivity index (χ1n) is 5.91. The summed E-state index contributed by atoms with van der Waals surface area (Å²) in [7, 11) is 0. The fourth-order valence-electron chi connectivity index (χ4n) is 1.81. The lowest BCUT2D eigenvalue weighted by molar-refractivity contribution is 0.108. The quantitative estimate of drug-likeness (QED) is 0.759. The number of carbonyl (C=O) groups excluding carboxylic acids is 1. The summed E-state index contributed by atoms with van der Waals surface area (Å²) in [6.45, 7) is 4.05. The van der Waals surface area contributed by atoms with Crippen molar-refractivity contribution >= 4 is 6.29 Å². The molecule has 0 N–H and O–H groups in total. The second kappa shape index (κ2) is 5.05. The molecule has 0 bridgehead atoms. The predicted molar refractivity (Wildman–Crippen MR) is 71.9 cm³/mol. The molecule has 0 amide bonds. The van der Waals surface area contributed by atoms with Crippen LogP contribution in [0.4, 0.5) is 0 Å². The van der Waals surface area contributed by atoms with Gasteiger partial charge in [-0.3, -0.25) is 4.79 Å². The maximum atomic E-state index is 10.6. The van der Waals surface area contributed by atoms with E-state index in [2.05, 4.69) is 0 Å². The summed E-state index contributed by atoms with van der Waals surface area (Å²) in [4.78, 5) is 10.6. The molecule has 0 fully saturated rings. The molecule has 0 aliphatic carbocycles. The highest BCUT2D eigenvalue weighted by molar-refractivity contribution is 5.74. The highest BCUT2D eigenvalue weighted by Crippen LogP contribution is 2.27. The SMILES string of the molecule is CC(C)(Oc1ccc(C=O)cc1)c1ccccc1. The van der Waals surface area contributed by atoms with E-state index >= 15 is 0 Å². The van der Waals surface area contributed by atoms with Crippen LogP contribution in [0, 0.1) is 0 Å². The van der Waals surface area contributed by atoms with Gasteiger partial charge in [0.2, 0.25) is 0 Å². The Hall–Kier alpha value is -2.09. The normalized spacial score (nSPS) is 11.0. The van der Waals surface area contributed by atoms with Gasteiger partial charge in [0.1, 0.15) is 17.6 Å². The van der Waals surface area contributed by atoms with E-state index in [9.17, 15) is 4.79 Å². The lowest BCUT2D eigenvalue weighted by Crippen LogP contribution is -2.25. The number of hydrogen-bond acceptors (Lipinski definition) is 2. The zero-order chi connectivity index (χ0) is 13.0. The summed E-state index contributed by atoms with van der Waals surface area (Å²) in [5.74, 6) is 0.759. The minimum Gasteiger partial charge on any atom is -0.483 e. The summed E-state index contributed by atoms with van der Waals surface area (Å²) >= 11 is 0. The van der Waals surface area contributed by atoms with Crippen molar-refractivity contribution in [3.8, 4) is 5.75 Å². The van der Waals surface area contributed by atoms with E-state index in [1.807, 2.05) is 56.3 Å². The van der Waals surface area contributed by atoms with Crippen LogP contribution in [0.25, 0.3) is 0 Å². The van der Waals surface area contributed by atoms with Gasteiger partial charge in [0, 0.05) is 5.56 Å². The van der Waals surface area contributed by atoms with E-state index in [0.717, 1.165) is 17.6 Å². The van der Waals surface area contributed by atoms with Crippen molar-refractivity contribution in [3.05, 3.63) is 65.7 Å². The monoisotopic (exact) mass is 240 g/mol. The van der Waals surface area contributed by atoms with Gasteiger partial charge in [-0.1, -0.05) is 30.3 Å². The number of aldehydes is 1. The van der Waals surface area contributed by atoms with Crippen LogP contribution < -0.4 is 4.74 Å². The molecule has 0 aliphatic heterocycles. The van der Waals surface area contributed by atoms with E-state index in [0.29, 0.717) is 5.56 Å². The Morgan fingerprint density at radius 3 is 2.11 bits per heavy atom. The van der Waals surface area contributed by atoms with Gasteiger partial charge >= 0.3 is 0 Å². The van der Waals surface area contributed by atoms with Crippen LogP contribution >= 0.6 is 0 Å². The standard InChI is InChI=1S/C16H16O2/c1-16(2,14-6-4-3-5-7-14)18-15-10-8-13(12-17)9-11-15/h3-12H,1-2H3. The van der Waals surface area contributed by atoms with Gasteiger partial charge in [-0.15, -0.1) is 0 Å². The van der Waals surface area contributed by atoms with Crippen molar-refractivity contribution in [2.24, 2.45) is 0 Å². The molecule has 2 aromatic carbocycles. The van der Waals surface area contributed by atoms with Gasteiger partial charge in [0.25, 0.3) is 0 Å². The average molecular weight is 240 g/mol. The smallest absolute Gasteiger partial charge is 0.150 e. The average Bonchev–Trinajstić information content (AvgIpc) is 2.40. The first kappa shape index (κ1) is 12.4. The van der Waals surface area contributed by atoms with E-state index in [1.54, 1.807) is 12.1 Å². The Morgan fingerprint density at radius 1 is 0.944 bits per heavy atom. The molecule has 2 nitrogen and oxygen atoms in total. The van der Waals surface area contributed by atoms with E-state index < -0.39 is 5.60 Å². The lowest BCUT2D eigenvalue weighted by Gasteiger charge is -2.27. The molecule has 0 radical (unpaired) electrons. The number of rotatable bonds is 4. The van der Waals surface area contributed by atoms with Crippen LogP contribution in [-0.4, -0.2) is 6.29 Å². The Morgan fingerprint density at radius 2 is 1.56 bits per heavy atom. The van der Waals surface area contributed by atoms with Crippen LogP contribution in [0.15, 0.2) is 54.6 Å². The highest BCUT2D eigenvalue weighted by atomic mass is 16.5. The predicted octanol–water partition coefficient (Wildman–Crippen LogP) is 3.81. The fourth-order valence-corrected chi connectivity index (χ4v) is 1.81. The van der Waals surface area contributed by atoms with E-state index in [4.69, 9.17) is 4.74 Å². The molecule has 92 valence electrons. The minimum absolute atomic E-state index is 0.399. The largest absolute Gasteiger partial charge is 0.483 e. The van der Waals surface area contributed by atoms with Crippen molar-refractivity contribution in [1.82, 2.24) is 0 Å². The molecule has 0 aromatic heterocycles. The van der Waals surface area contributed by atoms with Crippen molar-refractivity contribution in [2.75, 3.05) is 0 Å². The summed E-state index contributed by atoms with van der Waals surface area (Å²) in [6.07, 6.45) is 0.826. The molecule has 2 heteroatoms. The molecule has 0 saturated heterocycles. The molecule has 0 saturated carbocycles. The van der Waals surface area contributed by atoms with Crippen LogP contribution in [0.3, 0.4) is 0 Å². The minimum atomic E-state index is -0.399. The fraction of sp³-hybridized carbons (Fsp3) is 0.188. The topological polar surface area (TPSA) is 26.3 Å². The third kappa shape index (κ3) is 2.77. The van der Waals surface area contributed by atoms with Crippen molar-refractivity contribution in [1.29, 1.82) is 0 Å². The second-order valence-electron chi connectivity index (χ2n) is 4.67. The summed E-state index contributed by atoms with van der Waals surface area (Å²) in [6, 6.07) is 17.2. The van der Waals surface area contributed by atoms with Crippen molar-refractivity contribution in [2.45, 2.75) is 19.4 Å².